The summed E-state index contributed by atoms with van der Waals surface area (Å²) in [5.41, 5.74) is 3.56. The molecule has 0 saturated carbocycles. The van der Waals surface area contributed by atoms with Gasteiger partial charge in [-0.2, -0.15) is 5.10 Å². The largest absolute Gasteiger partial charge is 0.305 e. The maximum Gasteiger partial charge on any atom is 0.0739 e. The average molecular weight is 322 g/mol. The van der Waals surface area contributed by atoms with E-state index in [1.807, 2.05) is 17.7 Å². The summed E-state index contributed by atoms with van der Waals surface area (Å²) in [7, 11) is 0. The van der Waals surface area contributed by atoms with Crippen LogP contribution in [0.3, 0.4) is 0 Å². The topological polar surface area (TPSA) is 29.9 Å². The minimum Gasteiger partial charge on any atom is -0.305 e. The van der Waals surface area contributed by atoms with E-state index in [-0.39, 0.29) is 0 Å². The Morgan fingerprint density at radius 1 is 1.32 bits per heavy atom. The molecule has 3 nitrogen and oxygen atoms in total. The summed E-state index contributed by atoms with van der Waals surface area (Å²) < 4.78 is 3.16. The van der Waals surface area contributed by atoms with Gasteiger partial charge in [0.25, 0.3) is 0 Å². The molecule has 1 atom stereocenters. The number of hydrogen-bond acceptors (Lipinski definition) is 2. The molecular formula is C15H20BrN3. The Morgan fingerprint density at radius 3 is 2.63 bits per heavy atom. The van der Waals surface area contributed by atoms with Crippen molar-refractivity contribution in [2.45, 2.75) is 39.9 Å². The molecule has 0 aliphatic heterocycles. The van der Waals surface area contributed by atoms with E-state index in [0.717, 1.165) is 23.3 Å². The molecule has 0 aliphatic rings. The zero-order chi connectivity index (χ0) is 13.8. The van der Waals surface area contributed by atoms with Gasteiger partial charge < -0.3 is 5.32 Å². The molecule has 4 heteroatoms. The first-order chi connectivity index (χ1) is 9.13. The van der Waals surface area contributed by atoms with Gasteiger partial charge in [-0.3, -0.25) is 4.68 Å². The standard InChI is InChI=1S/C15H20BrN3/c1-4-19-14(15(16)12(3)18-19)10-17-11(2)13-8-6-5-7-9-13/h5-9,11,17H,4,10H2,1-3H3/t11-/m0/s1. The van der Waals surface area contributed by atoms with Crippen LogP contribution in [-0.2, 0) is 13.1 Å². The van der Waals surface area contributed by atoms with E-state index in [4.69, 9.17) is 0 Å². The zero-order valence-electron chi connectivity index (χ0n) is 11.7. The van der Waals surface area contributed by atoms with Gasteiger partial charge >= 0.3 is 0 Å². The van der Waals surface area contributed by atoms with Crippen molar-refractivity contribution in [2.75, 3.05) is 0 Å². The Balaban J connectivity index is 2.07. The summed E-state index contributed by atoms with van der Waals surface area (Å²) in [5, 5.41) is 8.06. The highest BCUT2D eigenvalue weighted by molar-refractivity contribution is 9.10. The van der Waals surface area contributed by atoms with Gasteiger partial charge in [-0.25, -0.2) is 0 Å². The summed E-state index contributed by atoms with van der Waals surface area (Å²) in [6, 6.07) is 10.8. The Hall–Kier alpha value is -1.13. The molecule has 0 fully saturated rings. The second kappa shape index (κ2) is 6.35. The zero-order valence-corrected chi connectivity index (χ0v) is 13.2. The molecular weight excluding hydrogens is 302 g/mol. The lowest BCUT2D eigenvalue weighted by molar-refractivity contribution is 0.530. The van der Waals surface area contributed by atoms with Crippen molar-refractivity contribution in [3.05, 3.63) is 51.8 Å². The summed E-state index contributed by atoms with van der Waals surface area (Å²) in [4.78, 5) is 0. The first-order valence-corrected chi connectivity index (χ1v) is 7.43. The smallest absolute Gasteiger partial charge is 0.0739 e. The molecule has 2 aromatic rings. The second-order valence-corrected chi connectivity index (χ2v) is 5.47. The number of rotatable bonds is 5. The predicted octanol–water partition coefficient (Wildman–Crippen LogP) is 3.82. The van der Waals surface area contributed by atoms with Gasteiger partial charge in [0, 0.05) is 19.1 Å². The third kappa shape index (κ3) is 3.25. The molecule has 1 aromatic carbocycles. The van der Waals surface area contributed by atoms with Crippen LogP contribution >= 0.6 is 15.9 Å². The van der Waals surface area contributed by atoms with Gasteiger partial charge in [0.2, 0.25) is 0 Å². The number of benzene rings is 1. The maximum atomic E-state index is 4.51. The van der Waals surface area contributed by atoms with Crippen LogP contribution in [0, 0.1) is 6.92 Å². The Bertz CT molecular complexity index is 534. The molecule has 102 valence electrons. The number of nitrogens with one attached hydrogen (secondary N) is 1. The quantitative estimate of drug-likeness (QED) is 0.907. The fraction of sp³-hybridized carbons (Fsp3) is 0.400. The molecule has 0 radical (unpaired) electrons. The van der Waals surface area contributed by atoms with E-state index < -0.39 is 0 Å². The number of aryl methyl sites for hydroxylation is 2. The van der Waals surface area contributed by atoms with Gasteiger partial charge in [0.1, 0.15) is 0 Å². The number of aromatic nitrogens is 2. The first-order valence-electron chi connectivity index (χ1n) is 6.63. The van der Waals surface area contributed by atoms with E-state index in [1.54, 1.807) is 0 Å². The van der Waals surface area contributed by atoms with Crippen molar-refractivity contribution < 1.29 is 0 Å². The van der Waals surface area contributed by atoms with Crippen molar-refractivity contribution in [2.24, 2.45) is 0 Å². The molecule has 0 saturated heterocycles. The van der Waals surface area contributed by atoms with Crippen LogP contribution in [0.15, 0.2) is 34.8 Å². The molecule has 0 bridgehead atoms. The summed E-state index contributed by atoms with van der Waals surface area (Å²) >= 11 is 3.62. The van der Waals surface area contributed by atoms with Crippen LogP contribution in [0.4, 0.5) is 0 Å². The van der Waals surface area contributed by atoms with Crippen molar-refractivity contribution >= 4 is 15.9 Å². The Kier molecular flexibility index (Phi) is 4.77. The highest BCUT2D eigenvalue weighted by Crippen LogP contribution is 2.22. The first kappa shape index (κ1) is 14.3. The molecule has 1 N–H and O–H groups in total. The maximum absolute atomic E-state index is 4.51. The van der Waals surface area contributed by atoms with Crippen LogP contribution in [0.5, 0.6) is 0 Å². The number of halogens is 1. The summed E-state index contributed by atoms with van der Waals surface area (Å²) in [5.74, 6) is 0. The second-order valence-electron chi connectivity index (χ2n) is 4.68. The summed E-state index contributed by atoms with van der Waals surface area (Å²) in [6.45, 7) is 8.03. The SMILES string of the molecule is CCn1nc(C)c(Br)c1CN[C@@H](C)c1ccccc1. The van der Waals surface area contributed by atoms with Crippen molar-refractivity contribution in [3.8, 4) is 0 Å². The minimum absolute atomic E-state index is 0.327. The molecule has 0 spiro atoms. The van der Waals surface area contributed by atoms with Crippen LogP contribution in [0.2, 0.25) is 0 Å². The monoisotopic (exact) mass is 321 g/mol. The van der Waals surface area contributed by atoms with Crippen LogP contribution < -0.4 is 5.32 Å². The lowest BCUT2D eigenvalue weighted by Gasteiger charge is -2.15. The highest BCUT2D eigenvalue weighted by atomic mass is 79.9. The molecule has 1 aromatic heterocycles. The molecule has 0 aliphatic carbocycles. The normalized spacial score (nSPS) is 12.6. The highest BCUT2D eigenvalue weighted by Gasteiger charge is 2.13. The molecule has 2 rings (SSSR count). The van der Waals surface area contributed by atoms with Gasteiger partial charge in [-0.1, -0.05) is 30.3 Å². The Labute approximate surface area is 123 Å². The van der Waals surface area contributed by atoms with Crippen molar-refractivity contribution in [1.29, 1.82) is 0 Å². The van der Waals surface area contributed by atoms with E-state index in [1.165, 1.54) is 11.3 Å². The van der Waals surface area contributed by atoms with Crippen LogP contribution in [0.25, 0.3) is 0 Å². The Morgan fingerprint density at radius 2 is 2.00 bits per heavy atom. The lowest BCUT2D eigenvalue weighted by atomic mass is 10.1. The van der Waals surface area contributed by atoms with E-state index in [0.29, 0.717) is 6.04 Å². The van der Waals surface area contributed by atoms with Crippen molar-refractivity contribution in [3.63, 3.8) is 0 Å². The summed E-state index contributed by atoms with van der Waals surface area (Å²) in [6.07, 6.45) is 0. The fourth-order valence-corrected chi connectivity index (χ4v) is 2.57. The third-order valence-corrected chi connectivity index (χ3v) is 4.36. The lowest BCUT2D eigenvalue weighted by Crippen LogP contribution is -2.20. The molecule has 19 heavy (non-hydrogen) atoms. The number of nitrogens with zero attached hydrogens (tertiary/aromatic N) is 2. The van der Waals surface area contributed by atoms with Gasteiger partial charge in [0.05, 0.1) is 15.9 Å². The molecule has 1 heterocycles. The van der Waals surface area contributed by atoms with Crippen LogP contribution in [-0.4, -0.2) is 9.78 Å². The minimum atomic E-state index is 0.327. The molecule has 0 amide bonds. The molecule has 0 unspecified atom stereocenters. The third-order valence-electron chi connectivity index (χ3n) is 3.33. The van der Waals surface area contributed by atoms with Gasteiger partial charge in [-0.05, 0) is 42.3 Å². The van der Waals surface area contributed by atoms with E-state index in [9.17, 15) is 0 Å². The average Bonchev–Trinajstić information content (AvgIpc) is 2.72. The van der Waals surface area contributed by atoms with Gasteiger partial charge in [-0.15, -0.1) is 0 Å². The number of hydrogen-bond donors (Lipinski definition) is 1. The predicted molar refractivity (Wildman–Crippen MR) is 82.0 cm³/mol. The van der Waals surface area contributed by atoms with Crippen molar-refractivity contribution in [1.82, 2.24) is 15.1 Å². The van der Waals surface area contributed by atoms with Gasteiger partial charge in [0.15, 0.2) is 0 Å². The van der Waals surface area contributed by atoms with E-state index >= 15 is 0 Å². The van der Waals surface area contributed by atoms with E-state index in [2.05, 4.69) is 64.5 Å². The van der Waals surface area contributed by atoms with Crippen LogP contribution in [0.1, 0.15) is 36.8 Å². The fourth-order valence-electron chi connectivity index (χ4n) is 2.15.